The number of hydrogen-bond donors (Lipinski definition) is 0. The molecule has 0 aliphatic heterocycles. The summed E-state index contributed by atoms with van der Waals surface area (Å²) in [6.45, 7) is 9.46. The molecule has 0 N–H and O–H groups in total. The summed E-state index contributed by atoms with van der Waals surface area (Å²) < 4.78 is 4.97. The minimum atomic E-state index is -0.370. The molecule has 17 heavy (non-hydrogen) atoms. The fourth-order valence-electron chi connectivity index (χ4n) is 1.54. The van der Waals surface area contributed by atoms with Gasteiger partial charge in [-0.2, -0.15) is 0 Å². The lowest BCUT2D eigenvalue weighted by atomic mass is 10.2. The van der Waals surface area contributed by atoms with Crippen LogP contribution in [0.25, 0.3) is 0 Å². The minimum Gasteiger partial charge on any atom is -0.461 e. The van der Waals surface area contributed by atoms with Gasteiger partial charge in [0.25, 0.3) is 0 Å². The Morgan fingerprint density at radius 3 is 2.59 bits per heavy atom. The maximum atomic E-state index is 10.9. The van der Waals surface area contributed by atoms with Crippen LogP contribution in [0.4, 0.5) is 5.69 Å². The van der Waals surface area contributed by atoms with Gasteiger partial charge in [0.2, 0.25) is 0 Å². The first-order valence-corrected chi connectivity index (χ1v) is 5.78. The van der Waals surface area contributed by atoms with Gasteiger partial charge in [0.15, 0.2) is 0 Å². The Morgan fingerprint density at radius 2 is 2.06 bits per heavy atom. The second-order valence-corrected chi connectivity index (χ2v) is 3.79. The zero-order valence-corrected chi connectivity index (χ0v) is 10.5. The highest BCUT2D eigenvalue weighted by Gasteiger charge is 2.04. The largest absolute Gasteiger partial charge is 0.461 e. The van der Waals surface area contributed by atoms with E-state index in [9.17, 15) is 4.79 Å². The number of hydrogen-bond acceptors (Lipinski definition) is 3. The summed E-state index contributed by atoms with van der Waals surface area (Å²) in [5.41, 5.74) is 2.38. The maximum absolute atomic E-state index is 10.9. The summed E-state index contributed by atoms with van der Waals surface area (Å²) in [6, 6.07) is 8.31. The van der Waals surface area contributed by atoms with Gasteiger partial charge in [0.05, 0.1) is 6.54 Å². The van der Waals surface area contributed by atoms with Gasteiger partial charge < -0.3 is 9.64 Å². The van der Waals surface area contributed by atoms with Crippen LogP contribution in [-0.2, 0) is 9.53 Å². The molecule has 0 amide bonds. The number of aryl methyl sites for hydroxylation is 1. The molecule has 0 atom stereocenters. The number of nitrogens with zero attached hydrogens (tertiary/aromatic N) is 1. The van der Waals surface area contributed by atoms with Crippen molar-refractivity contribution in [1.82, 2.24) is 0 Å². The molecule has 0 spiro atoms. The van der Waals surface area contributed by atoms with Crippen LogP contribution in [0.5, 0.6) is 0 Å². The number of carbonyl (C=O) groups is 1. The van der Waals surface area contributed by atoms with Gasteiger partial charge in [0, 0.05) is 18.3 Å². The van der Waals surface area contributed by atoms with Crippen LogP contribution in [-0.4, -0.2) is 25.7 Å². The van der Waals surface area contributed by atoms with E-state index in [-0.39, 0.29) is 5.97 Å². The van der Waals surface area contributed by atoms with Gasteiger partial charge in [-0.1, -0.05) is 24.3 Å². The molecule has 0 fully saturated rings. The quantitative estimate of drug-likeness (QED) is 0.558. The van der Waals surface area contributed by atoms with Crippen LogP contribution in [0.2, 0.25) is 0 Å². The average molecular weight is 233 g/mol. The third kappa shape index (κ3) is 4.31. The maximum Gasteiger partial charge on any atom is 0.330 e. The first-order chi connectivity index (χ1) is 8.17. The van der Waals surface area contributed by atoms with Crippen molar-refractivity contribution in [2.24, 2.45) is 0 Å². The van der Waals surface area contributed by atoms with Crippen molar-refractivity contribution in [2.45, 2.75) is 13.8 Å². The van der Waals surface area contributed by atoms with E-state index in [1.165, 1.54) is 11.6 Å². The number of rotatable bonds is 6. The first kappa shape index (κ1) is 13.3. The van der Waals surface area contributed by atoms with Crippen molar-refractivity contribution in [2.75, 3.05) is 24.6 Å². The van der Waals surface area contributed by atoms with Crippen molar-refractivity contribution in [3.8, 4) is 0 Å². The van der Waals surface area contributed by atoms with E-state index in [0.29, 0.717) is 13.2 Å². The molecular formula is C14H19NO2. The Labute approximate surface area is 103 Å². The van der Waals surface area contributed by atoms with Crippen LogP contribution >= 0.6 is 0 Å². The van der Waals surface area contributed by atoms with Crippen LogP contribution in [0, 0.1) is 6.92 Å². The van der Waals surface area contributed by atoms with Crippen molar-refractivity contribution in [1.29, 1.82) is 0 Å². The van der Waals surface area contributed by atoms with Crippen molar-refractivity contribution in [3.05, 3.63) is 42.5 Å². The third-order valence-electron chi connectivity index (χ3n) is 2.55. The zero-order chi connectivity index (χ0) is 12.7. The van der Waals surface area contributed by atoms with Crippen molar-refractivity contribution < 1.29 is 9.53 Å². The third-order valence-corrected chi connectivity index (χ3v) is 2.55. The molecule has 1 aromatic rings. The predicted octanol–water partition coefficient (Wildman–Crippen LogP) is 2.55. The number of benzene rings is 1. The van der Waals surface area contributed by atoms with Crippen molar-refractivity contribution in [3.63, 3.8) is 0 Å². The highest BCUT2D eigenvalue weighted by molar-refractivity contribution is 5.81. The average Bonchev–Trinajstić information content (AvgIpc) is 2.35. The molecular weight excluding hydrogens is 214 g/mol. The Kier molecular flexibility index (Phi) is 5.27. The molecule has 0 heterocycles. The van der Waals surface area contributed by atoms with Crippen LogP contribution < -0.4 is 4.90 Å². The van der Waals surface area contributed by atoms with E-state index in [2.05, 4.69) is 49.6 Å². The molecule has 0 unspecified atom stereocenters. The molecule has 0 radical (unpaired) electrons. The normalized spacial score (nSPS) is 9.76. The van der Waals surface area contributed by atoms with Gasteiger partial charge in [-0.05, 0) is 26.0 Å². The smallest absolute Gasteiger partial charge is 0.330 e. The van der Waals surface area contributed by atoms with E-state index in [0.717, 1.165) is 12.2 Å². The standard InChI is InChI=1S/C14H19NO2/c1-4-14(16)17-11-10-15(5-2)13-8-6-12(3)7-9-13/h4,6-9H,1,5,10-11H2,2-3H3. The molecule has 1 rings (SSSR count). The van der Waals surface area contributed by atoms with Crippen LogP contribution in [0.1, 0.15) is 12.5 Å². The lowest BCUT2D eigenvalue weighted by Gasteiger charge is -2.22. The molecule has 0 aliphatic carbocycles. The molecule has 0 aromatic heterocycles. The summed E-state index contributed by atoms with van der Waals surface area (Å²) >= 11 is 0. The highest BCUT2D eigenvalue weighted by Crippen LogP contribution is 2.14. The summed E-state index contributed by atoms with van der Waals surface area (Å²) in [5.74, 6) is -0.370. The SMILES string of the molecule is C=CC(=O)OCCN(CC)c1ccc(C)cc1. The monoisotopic (exact) mass is 233 g/mol. The molecule has 0 saturated heterocycles. The molecule has 3 nitrogen and oxygen atoms in total. The number of ether oxygens (including phenoxy) is 1. The molecule has 0 saturated carbocycles. The summed E-state index contributed by atoms with van der Waals surface area (Å²) in [5, 5.41) is 0. The summed E-state index contributed by atoms with van der Waals surface area (Å²) in [7, 11) is 0. The summed E-state index contributed by atoms with van der Waals surface area (Å²) in [4.78, 5) is 13.1. The molecule has 1 aromatic carbocycles. The number of esters is 1. The van der Waals surface area contributed by atoms with Gasteiger partial charge >= 0.3 is 5.97 Å². The first-order valence-electron chi connectivity index (χ1n) is 5.78. The predicted molar refractivity (Wildman–Crippen MR) is 70.2 cm³/mol. The molecule has 3 heteroatoms. The second-order valence-electron chi connectivity index (χ2n) is 3.79. The number of likely N-dealkylation sites (N-methyl/N-ethyl adjacent to an activating group) is 1. The van der Waals surface area contributed by atoms with E-state index in [4.69, 9.17) is 4.74 Å². The van der Waals surface area contributed by atoms with E-state index in [1.807, 2.05) is 0 Å². The topological polar surface area (TPSA) is 29.5 Å². The Morgan fingerprint density at radius 1 is 1.41 bits per heavy atom. The van der Waals surface area contributed by atoms with E-state index < -0.39 is 0 Å². The highest BCUT2D eigenvalue weighted by atomic mass is 16.5. The van der Waals surface area contributed by atoms with Crippen LogP contribution in [0.15, 0.2) is 36.9 Å². The van der Waals surface area contributed by atoms with Gasteiger partial charge in [-0.3, -0.25) is 0 Å². The van der Waals surface area contributed by atoms with Crippen molar-refractivity contribution >= 4 is 11.7 Å². The lowest BCUT2D eigenvalue weighted by molar-refractivity contribution is -0.137. The minimum absolute atomic E-state index is 0.370. The molecule has 92 valence electrons. The molecule has 0 bridgehead atoms. The number of anilines is 1. The Hall–Kier alpha value is -1.77. The van der Waals surface area contributed by atoms with Gasteiger partial charge in [0.1, 0.15) is 6.61 Å². The second kappa shape index (κ2) is 6.74. The Balaban J connectivity index is 2.51. The summed E-state index contributed by atoms with van der Waals surface area (Å²) in [6.07, 6.45) is 1.18. The fourth-order valence-corrected chi connectivity index (χ4v) is 1.54. The molecule has 0 aliphatic rings. The number of carbonyl (C=O) groups excluding carboxylic acids is 1. The van der Waals surface area contributed by atoms with Crippen LogP contribution in [0.3, 0.4) is 0 Å². The van der Waals surface area contributed by atoms with Gasteiger partial charge in [-0.25, -0.2) is 4.79 Å². The Bertz CT molecular complexity index is 370. The van der Waals surface area contributed by atoms with Gasteiger partial charge in [-0.15, -0.1) is 0 Å². The van der Waals surface area contributed by atoms with E-state index in [1.54, 1.807) is 0 Å². The zero-order valence-electron chi connectivity index (χ0n) is 10.5. The fraction of sp³-hybridized carbons (Fsp3) is 0.357. The lowest BCUT2D eigenvalue weighted by Crippen LogP contribution is -2.27. The van der Waals surface area contributed by atoms with E-state index >= 15 is 0 Å².